The van der Waals surface area contributed by atoms with Gasteiger partial charge in [-0.05, 0) is 40.2 Å². The molecule has 0 spiro atoms. The summed E-state index contributed by atoms with van der Waals surface area (Å²) in [5.74, 6) is 0. The van der Waals surface area contributed by atoms with Crippen molar-refractivity contribution in [2.24, 2.45) is 0 Å². The van der Waals surface area contributed by atoms with E-state index in [0.29, 0.717) is 13.0 Å². The summed E-state index contributed by atoms with van der Waals surface area (Å²) >= 11 is 0. The third-order valence-corrected chi connectivity index (χ3v) is 3.77. The molecule has 6 heteroatoms. The summed E-state index contributed by atoms with van der Waals surface area (Å²) in [5, 5.41) is 13.1. The van der Waals surface area contributed by atoms with E-state index < -0.39 is 7.12 Å². The van der Waals surface area contributed by atoms with Crippen molar-refractivity contribution in [1.82, 2.24) is 9.78 Å². The molecule has 1 fully saturated rings. The minimum Gasteiger partial charge on any atom is -0.398 e. The molecule has 0 unspecified atom stereocenters. The van der Waals surface area contributed by atoms with E-state index >= 15 is 0 Å². The lowest BCUT2D eigenvalue weighted by molar-refractivity contribution is 0.00578. The average Bonchev–Trinajstić information content (AvgIpc) is 2.79. The third-order valence-electron chi connectivity index (χ3n) is 3.77. The number of nitrogens with zero attached hydrogens (tertiary/aromatic N) is 2. The van der Waals surface area contributed by atoms with Crippen LogP contribution in [0.5, 0.6) is 0 Å². The molecule has 0 radical (unpaired) electrons. The highest BCUT2D eigenvalue weighted by atomic mass is 16.7. The second kappa shape index (κ2) is 4.68. The Kier molecular flexibility index (Phi) is 3.53. The van der Waals surface area contributed by atoms with Crippen molar-refractivity contribution in [2.75, 3.05) is 6.61 Å². The third kappa shape index (κ3) is 2.32. The molecule has 5 nitrogen and oxygen atoms in total. The van der Waals surface area contributed by atoms with E-state index in [0.717, 1.165) is 5.59 Å². The van der Waals surface area contributed by atoms with Gasteiger partial charge >= 0.3 is 7.12 Å². The standard InChI is InChI=1S/C12H21BN2O3/c1-11(2)12(3,4)18-13(17-11)10-6-7-14-15(10)8-5-9-16/h6-7,16H,5,8-9H2,1-4H3. The Balaban J connectivity index is 2.17. The first-order chi connectivity index (χ1) is 8.37. The number of aromatic nitrogens is 2. The van der Waals surface area contributed by atoms with Gasteiger partial charge in [-0.25, -0.2) is 0 Å². The topological polar surface area (TPSA) is 56.5 Å². The fraction of sp³-hybridized carbons (Fsp3) is 0.750. The van der Waals surface area contributed by atoms with Gasteiger partial charge in [0.2, 0.25) is 0 Å². The van der Waals surface area contributed by atoms with Crippen LogP contribution < -0.4 is 5.59 Å². The molecule has 100 valence electrons. The molecule has 2 heterocycles. The Morgan fingerprint density at radius 1 is 1.28 bits per heavy atom. The van der Waals surface area contributed by atoms with Crippen LogP contribution in [-0.4, -0.2) is 39.8 Å². The number of rotatable bonds is 4. The van der Waals surface area contributed by atoms with Gasteiger partial charge in [0.1, 0.15) is 0 Å². The quantitative estimate of drug-likeness (QED) is 0.796. The van der Waals surface area contributed by atoms with Crippen LogP contribution in [0.3, 0.4) is 0 Å². The van der Waals surface area contributed by atoms with E-state index in [4.69, 9.17) is 14.4 Å². The Bertz CT molecular complexity index is 401. The van der Waals surface area contributed by atoms with Gasteiger partial charge in [0, 0.05) is 19.3 Å². The zero-order valence-corrected chi connectivity index (χ0v) is 11.5. The molecule has 1 aliphatic rings. The van der Waals surface area contributed by atoms with Crippen molar-refractivity contribution < 1.29 is 14.4 Å². The minimum absolute atomic E-state index is 0.155. The summed E-state index contributed by atoms with van der Waals surface area (Å²) in [7, 11) is -0.392. The lowest BCUT2D eigenvalue weighted by atomic mass is 9.84. The van der Waals surface area contributed by atoms with Crippen molar-refractivity contribution >= 4 is 12.7 Å². The van der Waals surface area contributed by atoms with Crippen LogP contribution in [0.15, 0.2) is 12.3 Å². The highest BCUT2D eigenvalue weighted by Crippen LogP contribution is 2.36. The fourth-order valence-electron chi connectivity index (χ4n) is 1.91. The molecular weight excluding hydrogens is 231 g/mol. The molecular formula is C12H21BN2O3. The van der Waals surface area contributed by atoms with Crippen LogP contribution in [0.1, 0.15) is 34.1 Å². The molecule has 1 aromatic rings. The van der Waals surface area contributed by atoms with Crippen molar-refractivity contribution in [1.29, 1.82) is 0 Å². The highest BCUT2D eigenvalue weighted by molar-refractivity contribution is 6.61. The second-order valence-electron chi connectivity index (χ2n) is 5.64. The molecule has 1 aromatic heterocycles. The Hall–Kier alpha value is -0.845. The van der Waals surface area contributed by atoms with Gasteiger partial charge < -0.3 is 14.4 Å². The molecule has 0 atom stereocenters. The van der Waals surface area contributed by atoms with Gasteiger partial charge in [-0.2, -0.15) is 5.10 Å². The summed E-state index contributed by atoms with van der Waals surface area (Å²) in [4.78, 5) is 0. The summed E-state index contributed by atoms with van der Waals surface area (Å²) in [6, 6.07) is 1.90. The monoisotopic (exact) mass is 252 g/mol. The van der Waals surface area contributed by atoms with Gasteiger partial charge in [0.15, 0.2) is 0 Å². The molecule has 0 aliphatic carbocycles. The first kappa shape index (κ1) is 13.6. The summed E-state index contributed by atoms with van der Waals surface area (Å²) < 4.78 is 13.8. The van der Waals surface area contributed by atoms with Crippen LogP contribution in [0, 0.1) is 0 Å². The Labute approximate surface area is 108 Å². The van der Waals surface area contributed by atoms with Crippen LogP contribution in [0.2, 0.25) is 0 Å². The van der Waals surface area contributed by atoms with Gasteiger partial charge in [0.25, 0.3) is 0 Å². The molecule has 2 rings (SSSR count). The van der Waals surface area contributed by atoms with Crippen molar-refractivity contribution in [2.45, 2.75) is 51.9 Å². The SMILES string of the molecule is CC1(C)OB(c2ccnn2CCCO)OC1(C)C. The number of aliphatic hydroxyl groups is 1. The van der Waals surface area contributed by atoms with E-state index in [2.05, 4.69) is 5.10 Å². The van der Waals surface area contributed by atoms with E-state index in [9.17, 15) is 0 Å². The van der Waals surface area contributed by atoms with E-state index in [1.54, 1.807) is 6.20 Å². The zero-order valence-electron chi connectivity index (χ0n) is 11.5. The summed E-state index contributed by atoms with van der Waals surface area (Å²) in [6.45, 7) is 8.94. The first-order valence-corrected chi connectivity index (χ1v) is 6.35. The van der Waals surface area contributed by atoms with E-state index in [1.807, 2.05) is 38.4 Å². The summed E-state index contributed by atoms with van der Waals surface area (Å²) in [6.07, 6.45) is 2.41. The maximum absolute atomic E-state index is 8.88. The van der Waals surface area contributed by atoms with Gasteiger partial charge in [-0.15, -0.1) is 0 Å². The van der Waals surface area contributed by atoms with Gasteiger partial charge in [0.05, 0.1) is 16.8 Å². The lowest BCUT2D eigenvalue weighted by Crippen LogP contribution is -2.41. The molecule has 18 heavy (non-hydrogen) atoms. The maximum atomic E-state index is 8.88. The average molecular weight is 252 g/mol. The lowest BCUT2D eigenvalue weighted by Gasteiger charge is -2.32. The highest BCUT2D eigenvalue weighted by Gasteiger charge is 2.52. The molecule has 1 aliphatic heterocycles. The van der Waals surface area contributed by atoms with E-state index in [1.165, 1.54) is 0 Å². The Morgan fingerprint density at radius 2 is 1.89 bits per heavy atom. The zero-order chi connectivity index (χ0) is 13.4. The maximum Gasteiger partial charge on any atom is 0.514 e. The second-order valence-corrected chi connectivity index (χ2v) is 5.64. The van der Waals surface area contributed by atoms with Crippen molar-refractivity contribution in [3.63, 3.8) is 0 Å². The Morgan fingerprint density at radius 3 is 2.44 bits per heavy atom. The normalized spacial score (nSPS) is 21.5. The number of hydrogen-bond acceptors (Lipinski definition) is 4. The predicted octanol–water partition coefficient (Wildman–Crippen LogP) is 0.565. The van der Waals surface area contributed by atoms with Crippen LogP contribution in [0.4, 0.5) is 0 Å². The number of aliphatic hydroxyl groups excluding tert-OH is 1. The van der Waals surface area contributed by atoms with E-state index in [-0.39, 0.29) is 17.8 Å². The smallest absolute Gasteiger partial charge is 0.398 e. The van der Waals surface area contributed by atoms with Gasteiger partial charge in [-0.1, -0.05) is 0 Å². The van der Waals surface area contributed by atoms with Crippen molar-refractivity contribution in [3.05, 3.63) is 12.3 Å². The number of hydrogen-bond donors (Lipinski definition) is 1. The minimum atomic E-state index is -0.392. The fourth-order valence-corrected chi connectivity index (χ4v) is 1.91. The molecule has 1 saturated heterocycles. The molecule has 1 N–H and O–H groups in total. The summed E-state index contributed by atoms with van der Waals surface area (Å²) in [5.41, 5.74) is 0.218. The van der Waals surface area contributed by atoms with Crippen LogP contribution >= 0.6 is 0 Å². The molecule has 0 bridgehead atoms. The first-order valence-electron chi connectivity index (χ1n) is 6.35. The molecule has 0 saturated carbocycles. The largest absolute Gasteiger partial charge is 0.514 e. The molecule has 0 aromatic carbocycles. The van der Waals surface area contributed by atoms with Gasteiger partial charge in [-0.3, -0.25) is 4.68 Å². The van der Waals surface area contributed by atoms with Crippen molar-refractivity contribution in [3.8, 4) is 0 Å². The van der Waals surface area contributed by atoms with Crippen LogP contribution in [-0.2, 0) is 15.9 Å². The predicted molar refractivity (Wildman–Crippen MR) is 69.6 cm³/mol. The van der Waals surface area contributed by atoms with Crippen LogP contribution in [0.25, 0.3) is 0 Å². The molecule has 0 amide bonds. The number of aryl methyl sites for hydroxylation is 1.